The Labute approximate surface area is 201 Å². The minimum atomic E-state index is -0.629. The number of nitrogens with zero attached hydrogens (tertiary/aromatic N) is 1. The second kappa shape index (κ2) is 10.3. The molecule has 3 aromatic rings. The summed E-state index contributed by atoms with van der Waals surface area (Å²) < 4.78 is 19.3. The molecule has 1 aromatic heterocycles. The molecule has 0 saturated carbocycles. The van der Waals surface area contributed by atoms with Gasteiger partial charge in [0.25, 0.3) is 6.23 Å². The van der Waals surface area contributed by atoms with E-state index in [0.717, 1.165) is 5.56 Å². The fourth-order valence-corrected chi connectivity index (χ4v) is 3.82. The highest BCUT2D eigenvalue weighted by molar-refractivity contribution is 6.30. The highest BCUT2D eigenvalue weighted by atomic mass is 35.5. The van der Waals surface area contributed by atoms with Gasteiger partial charge in [-0.15, -0.1) is 0 Å². The Kier molecular flexibility index (Phi) is 7.28. The Morgan fingerprint density at radius 2 is 1.58 bits per heavy atom. The van der Waals surface area contributed by atoms with Gasteiger partial charge in [0.05, 0.1) is 17.5 Å². The quantitative estimate of drug-likeness (QED) is 0.363. The summed E-state index contributed by atoms with van der Waals surface area (Å²) in [7, 11) is 0. The van der Waals surface area contributed by atoms with Gasteiger partial charge in [0, 0.05) is 21.7 Å². The Morgan fingerprint density at radius 3 is 2.18 bits per heavy atom. The van der Waals surface area contributed by atoms with E-state index in [0.29, 0.717) is 27.6 Å². The van der Waals surface area contributed by atoms with Gasteiger partial charge in [-0.2, -0.15) is 4.57 Å². The fourth-order valence-electron chi connectivity index (χ4n) is 3.57. The number of esters is 2. The molecule has 1 aliphatic heterocycles. The molecule has 33 heavy (non-hydrogen) atoms. The third-order valence-corrected chi connectivity index (χ3v) is 5.78. The zero-order valence-corrected chi connectivity index (χ0v) is 19.3. The van der Waals surface area contributed by atoms with E-state index in [4.69, 9.17) is 37.4 Å². The van der Waals surface area contributed by atoms with Crippen LogP contribution in [0, 0.1) is 6.92 Å². The van der Waals surface area contributed by atoms with E-state index in [2.05, 4.69) is 0 Å². The maximum Gasteiger partial charge on any atom is 0.338 e. The van der Waals surface area contributed by atoms with Gasteiger partial charge in [0.15, 0.2) is 12.4 Å². The lowest BCUT2D eigenvalue weighted by molar-refractivity contribution is -0.759. The smallest absolute Gasteiger partial charge is 0.338 e. The molecule has 2 aromatic carbocycles. The van der Waals surface area contributed by atoms with Crippen molar-refractivity contribution in [2.24, 2.45) is 0 Å². The summed E-state index contributed by atoms with van der Waals surface area (Å²) in [5.41, 5.74) is 1.81. The van der Waals surface area contributed by atoms with Gasteiger partial charge in [-0.05, 0) is 61.5 Å². The van der Waals surface area contributed by atoms with Crippen LogP contribution in [0.4, 0.5) is 0 Å². The standard InChI is InChI=1S/C25H22Cl2NO5/c1-16-3-2-12-28(14-16)23-13-21(33-25(30)18-6-10-20(27)11-7-18)22(32-23)15-31-24(29)17-4-8-19(26)9-5-17/h2-12,14,21-23H,13,15H2,1H3/q+1. The molecule has 6 nitrogen and oxygen atoms in total. The van der Waals surface area contributed by atoms with Crippen molar-refractivity contribution >= 4 is 35.1 Å². The van der Waals surface area contributed by atoms with E-state index >= 15 is 0 Å². The molecule has 0 N–H and O–H groups in total. The van der Waals surface area contributed by atoms with Crippen LogP contribution in [0.5, 0.6) is 0 Å². The van der Waals surface area contributed by atoms with Crippen molar-refractivity contribution in [1.82, 2.24) is 0 Å². The zero-order valence-electron chi connectivity index (χ0n) is 17.8. The number of hydrogen-bond donors (Lipinski definition) is 0. The predicted octanol–water partition coefficient (Wildman–Crippen LogP) is 4.96. The molecule has 1 fully saturated rings. The third-order valence-electron chi connectivity index (χ3n) is 5.28. The molecule has 170 valence electrons. The number of halogens is 2. The lowest BCUT2D eigenvalue weighted by Crippen LogP contribution is -2.39. The number of benzene rings is 2. The number of hydrogen-bond acceptors (Lipinski definition) is 5. The monoisotopic (exact) mass is 486 g/mol. The van der Waals surface area contributed by atoms with E-state index in [-0.39, 0.29) is 12.8 Å². The number of carbonyl (C=O) groups excluding carboxylic acids is 2. The van der Waals surface area contributed by atoms with E-state index < -0.39 is 24.1 Å². The number of aromatic nitrogens is 1. The van der Waals surface area contributed by atoms with Crippen molar-refractivity contribution < 1.29 is 28.4 Å². The predicted molar refractivity (Wildman–Crippen MR) is 122 cm³/mol. The highest BCUT2D eigenvalue weighted by Gasteiger charge is 2.43. The second-order valence-corrected chi connectivity index (χ2v) is 8.62. The van der Waals surface area contributed by atoms with Gasteiger partial charge in [-0.3, -0.25) is 0 Å². The van der Waals surface area contributed by atoms with Crippen LogP contribution >= 0.6 is 23.2 Å². The minimum Gasteiger partial charge on any atom is -0.459 e. The van der Waals surface area contributed by atoms with E-state index in [1.807, 2.05) is 36.0 Å². The third kappa shape index (κ3) is 5.90. The summed E-state index contributed by atoms with van der Waals surface area (Å²) in [6.07, 6.45) is 2.64. The molecule has 1 saturated heterocycles. The first-order valence-corrected chi connectivity index (χ1v) is 11.2. The number of carbonyl (C=O) groups is 2. The van der Waals surface area contributed by atoms with Gasteiger partial charge in [-0.1, -0.05) is 23.2 Å². The largest absolute Gasteiger partial charge is 0.459 e. The molecule has 3 unspecified atom stereocenters. The maximum absolute atomic E-state index is 12.7. The molecule has 0 amide bonds. The first kappa shape index (κ1) is 23.2. The summed E-state index contributed by atoms with van der Waals surface area (Å²) in [6, 6.07) is 16.8. The SMILES string of the molecule is Cc1ccc[n+](C2CC(OC(=O)c3ccc(Cl)cc3)C(COC(=O)c3ccc(Cl)cc3)O2)c1. The fraction of sp³-hybridized carbons (Fsp3) is 0.240. The Morgan fingerprint density at radius 1 is 0.970 bits per heavy atom. The van der Waals surface area contributed by atoms with Crippen LogP contribution in [-0.4, -0.2) is 30.8 Å². The lowest BCUT2D eigenvalue weighted by atomic mass is 10.1. The number of rotatable bonds is 6. The van der Waals surface area contributed by atoms with Gasteiger partial charge in [-0.25, -0.2) is 9.59 Å². The number of aryl methyl sites for hydroxylation is 1. The van der Waals surface area contributed by atoms with Gasteiger partial charge < -0.3 is 14.2 Å². The Bertz CT molecular complexity index is 1130. The van der Waals surface area contributed by atoms with Crippen LogP contribution in [0.1, 0.15) is 38.9 Å². The average molecular weight is 487 g/mol. The van der Waals surface area contributed by atoms with Crippen LogP contribution in [-0.2, 0) is 14.2 Å². The lowest BCUT2D eigenvalue weighted by Gasteiger charge is -2.18. The van der Waals surface area contributed by atoms with Gasteiger partial charge >= 0.3 is 11.9 Å². The van der Waals surface area contributed by atoms with Crippen molar-refractivity contribution in [3.05, 3.63) is 99.8 Å². The van der Waals surface area contributed by atoms with Crippen LogP contribution < -0.4 is 4.57 Å². The topological polar surface area (TPSA) is 65.7 Å². The van der Waals surface area contributed by atoms with Crippen LogP contribution in [0.15, 0.2) is 73.1 Å². The van der Waals surface area contributed by atoms with E-state index in [9.17, 15) is 9.59 Å². The van der Waals surface area contributed by atoms with Crippen molar-refractivity contribution in [2.45, 2.75) is 31.8 Å². The molecule has 0 spiro atoms. The number of pyridine rings is 1. The molecular weight excluding hydrogens is 465 g/mol. The first-order chi connectivity index (χ1) is 15.9. The zero-order chi connectivity index (χ0) is 23.4. The van der Waals surface area contributed by atoms with Crippen molar-refractivity contribution in [3.63, 3.8) is 0 Å². The summed E-state index contributed by atoms with van der Waals surface area (Å²) in [5.74, 6) is -1.01. The molecule has 8 heteroatoms. The molecule has 2 heterocycles. The Hall–Kier alpha value is -2.93. The van der Waals surface area contributed by atoms with E-state index in [1.165, 1.54) is 0 Å². The van der Waals surface area contributed by atoms with Crippen LogP contribution in [0.3, 0.4) is 0 Å². The minimum absolute atomic E-state index is 0.0666. The summed E-state index contributed by atoms with van der Waals surface area (Å²) >= 11 is 11.8. The molecule has 1 aliphatic rings. The highest BCUT2D eigenvalue weighted by Crippen LogP contribution is 2.29. The molecule has 3 atom stereocenters. The second-order valence-electron chi connectivity index (χ2n) is 7.75. The van der Waals surface area contributed by atoms with E-state index in [1.54, 1.807) is 48.5 Å². The van der Waals surface area contributed by atoms with Gasteiger partial charge in [0.1, 0.15) is 18.8 Å². The summed E-state index contributed by atoms with van der Waals surface area (Å²) in [5, 5.41) is 1.05. The molecule has 0 radical (unpaired) electrons. The Balaban J connectivity index is 1.48. The first-order valence-electron chi connectivity index (χ1n) is 10.4. The van der Waals surface area contributed by atoms with Crippen molar-refractivity contribution in [3.8, 4) is 0 Å². The molecule has 0 aliphatic carbocycles. The maximum atomic E-state index is 12.7. The average Bonchev–Trinajstić information content (AvgIpc) is 3.21. The molecule has 0 bridgehead atoms. The summed E-state index contributed by atoms with van der Waals surface area (Å²) in [6.45, 7) is 1.91. The van der Waals surface area contributed by atoms with Crippen molar-refractivity contribution in [1.29, 1.82) is 0 Å². The summed E-state index contributed by atoms with van der Waals surface area (Å²) in [4.78, 5) is 25.1. The number of ether oxygens (including phenoxy) is 3. The molecule has 4 rings (SSSR count). The van der Waals surface area contributed by atoms with Crippen LogP contribution in [0.25, 0.3) is 0 Å². The normalized spacial score (nSPS) is 19.8. The van der Waals surface area contributed by atoms with Gasteiger partial charge in [0.2, 0.25) is 0 Å². The van der Waals surface area contributed by atoms with Crippen molar-refractivity contribution in [2.75, 3.05) is 6.61 Å². The molecular formula is C25H22Cl2NO5+. The van der Waals surface area contributed by atoms with Crippen LogP contribution in [0.2, 0.25) is 10.0 Å².